The molecule has 0 radical (unpaired) electrons. The molecule has 3 heterocycles. The van der Waals surface area contributed by atoms with E-state index < -0.39 is 0 Å². The number of hydrogen-bond acceptors (Lipinski definition) is 5. The summed E-state index contributed by atoms with van der Waals surface area (Å²) in [5.74, 6) is 0. The molecule has 3 aromatic rings. The molecule has 0 spiro atoms. The van der Waals surface area contributed by atoms with Crippen LogP contribution in [0.15, 0.2) is 41.8 Å². The molecule has 1 aliphatic heterocycles. The van der Waals surface area contributed by atoms with E-state index in [4.69, 9.17) is 12.2 Å². The van der Waals surface area contributed by atoms with Crippen LogP contribution in [-0.2, 0) is 13.1 Å². The van der Waals surface area contributed by atoms with Gasteiger partial charge in [-0.15, -0.1) is 11.3 Å². The molecule has 0 amide bonds. The van der Waals surface area contributed by atoms with Gasteiger partial charge in [-0.25, -0.2) is 4.68 Å². The zero-order valence-corrected chi connectivity index (χ0v) is 14.4. The summed E-state index contributed by atoms with van der Waals surface area (Å²) in [6.45, 7) is 3.94. The molecule has 1 atom stereocenters. The molecule has 7 heteroatoms. The second kappa shape index (κ2) is 5.99. The maximum absolute atomic E-state index is 5.55. The number of hydrogen-bond donors (Lipinski definition) is 0. The van der Waals surface area contributed by atoms with Gasteiger partial charge in [0.05, 0.1) is 12.4 Å². The fourth-order valence-corrected chi connectivity index (χ4v) is 4.22. The summed E-state index contributed by atoms with van der Waals surface area (Å²) in [5, 5.41) is 10.6. The van der Waals surface area contributed by atoms with Crippen LogP contribution in [0.25, 0.3) is 5.69 Å². The van der Waals surface area contributed by atoms with Gasteiger partial charge in [0.2, 0.25) is 4.77 Å². The molecule has 0 fully saturated rings. The summed E-state index contributed by atoms with van der Waals surface area (Å²) in [4.78, 5) is 3.90. The number of aromatic nitrogens is 4. The van der Waals surface area contributed by atoms with E-state index >= 15 is 0 Å². The van der Waals surface area contributed by atoms with Crippen LogP contribution < -0.4 is 0 Å². The third kappa shape index (κ3) is 2.65. The van der Waals surface area contributed by atoms with Gasteiger partial charge in [0, 0.05) is 17.5 Å². The average molecular weight is 343 g/mol. The Morgan fingerprint density at radius 3 is 2.87 bits per heavy atom. The number of para-hydroxylation sites is 1. The first-order chi connectivity index (χ1) is 11.2. The van der Waals surface area contributed by atoms with Crippen LogP contribution >= 0.6 is 23.6 Å². The summed E-state index contributed by atoms with van der Waals surface area (Å²) in [7, 11) is 0. The van der Waals surface area contributed by atoms with Gasteiger partial charge in [-0.1, -0.05) is 18.2 Å². The Morgan fingerprint density at radius 2 is 2.04 bits per heavy atom. The van der Waals surface area contributed by atoms with Crippen molar-refractivity contribution < 1.29 is 0 Å². The lowest BCUT2D eigenvalue weighted by Crippen LogP contribution is -2.35. The highest BCUT2D eigenvalue weighted by Gasteiger charge is 2.25. The second-order valence-corrected chi connectivity index (χ2v) is 7.05. The summed E-state index contributed by atoms with van der Waals surface area (Å²) >= 11 is 7.41. The van der Waals surface area contributed by atoms with Crippen LogP contribution in [0, 0.1) is 4.77 Å². The topological polar surface area (TPSA) is 38.9 Å². The Kier molecular flexibility index (Phi) is 3.84. The van der Waals surface area contributed by atoms with E-state index in [1.807, 2.05) is 41.7 Å². The molecule has 5 nitrogen and oxygen atoms in total. The maximum atomic E-state index is 5.55. The molecule has 0 bridgehead atoms. The Labute approximate surface area is 143 Å². The van der Waals surface area contributed by atoms with Crippen LogP contribution in [-0.4, -0.2) is 31.2 Å². The molecule has 1 aromatic carbocycles. The summed E-state index contributed by atoms with van der Waals surface area (Å²) in [5.41, 5.74) is 2.37. The van der Waals surface area contributed by atoms with Gasteiger partial charge in [0.15, 0.2) is 0 Å². The Morgan fingerprint density at radius 1 is 1.22 bits per heavy atom. The smallest absolute Gasteiger partial charge is 0.221 e. The predicted molar refractivity (Wildman–Crippen MR) is 93.3 cm³/mol. The molecule has 23 heavy (non-hydrogen) atoms. The predicted octanol–water partition coefficient (Wildman–Crippen LogP) is 3.44. The van der Waals surface area contributed by atoms with Gasteiger partial charge < -0.3 is 0 Å². The van der Waals surface area contributed by atoms with Crippen LogP contribution in [0.5, 0.6) is 0 Å². The molecular weight excluding hydrogens is 326 g/mol. The van der Waals surface area contributed by atoms with Crippen molar-refractivity contribution in [2.75, 3.05) is 6.54 Å². The van der Waals surface area contributed by atoms with Gasteiger partial charge in [-0.3, -0.25) is 4.90 Å². The van der Waals surface area contributed by atoms with Crippen LogP contribution in [0.4, 0.5) is 0 Å². The number of benzene rings is 1. The quantitative estimate of drug-likeness (QED) is 0.683. The number of tetrazole rings is 1. The van der Waals surface area contributed by atoms with Crippen molar-refractivity contribution in [3.63, 3.8) is 0 Å². The molecule has 1 aliphatic rings. The average Bonchev–Trinajstić information content (AvgIpc) is 3.19. The molecule has 4 rings (SSSR count). The van der Waals surface area contributed by atoms with Crippen molar-refractivity contribution in [3.8, 4) is 5.69 Å². The van der Waals surface area contributed by atoms with Crippen molar-refractivity contribution in [2.45, 2.75) is 26.1 Å². The molecular formula is C16H17N5S2. The maximum Gasteiger partial charge on any atom is 0.221 e. The number of rotatable bonds is 3. The first-order valence-electron chi connectivity index (χ1n) is 7.62. The highest BCUT2D eigenvalue weighted by atomic mass is 32.1. The lowest BCUT2D eigenvalue weighted by Gasteiger charge is -2.32. The minimum Gasteiger partial charge on any atom is -0.277 e. The molecule has 0 saturated heterocycles. The lowest BCUT2D eigenvalue weighted by molar-refractivity contribution is 0.143. The highest BCUT2D eigenvalue weighted by Crippen LogP contribution is 2.32. The minimum absolute atomic E-state index is 0.383. The van der Waals surface area contributed by atoms with Crippen LogP contribution in [0.2, 0.25) is 0 Å². The Hall–Kier alpha value is -1.83. The van der Waals surface area contributed by atoms with Gasteiger partial charge in [-0.2, -0.15) is 4.68 Å². The van der Waals surface area contributed by atoms with E-state index in [-0.39, 0.29) is 0 Å². The fourth-order valence-electron chi connectivity index (χ4n) is 3.02. The molecule has 2 aromatic heterocycles. The highest BCUT2D eigenvalue weighted by molar-refractivity contribution is 7.71. The van der Waals surface area contributed by atoms with Crippen molar-refractivity contribution in [3.05, 3.63) is 57.0 Å². The fraction of sp³-hybridized carbons (Fsp3) is 0.312. The van der Waals surface area contributed by atoms with Gasteiger partial charge in [0.25, 0.3) is 0 Å². The molecule has 0 aliphatic carbocycles. The van der Waals surface area contributed by atoms with Gasteiger partial charge in [-0.05, 0) is 65.1 Å². The SMILES string of the molecule is C[C@@H]1c2ccsc2CCN1Cn1nnn(-c2ccccc2)c1=S. The van der Waals surface area contributed by atoms with Gasteiger partial charge in [0.1, 0.15) is 0 Å². The van der Waals surface area contributed by atoms with E-state index in [1.54, 1.807) is 9.36 Å². The van der Waals surface area contributed by atoms with E-state index in [2.05, 4.69) is 33.7 Å². The zero-order valence-electron chi connectivity index (χ0n) is 12.8. The van der Waals surface area contributed by atoms with Crippen LogP contribution in [0.1, 0.15) is 23.4 Å². The monoisotopic (exact) mass is 343 g/mol. The largest absolute Gasteiger partial charge is 0.277 e. The van der Waals surface area contributed by atoms with E-state index in [0.717, 1.165) is 18.7 Å². The molecule has 0 N–H and O–H groups in total. The summed E-state index contributed by atoms with van der Waals surface area (Å²) in [6, 6.07) is 12.5. The number of nitrogens with zero attached hydrogens (tertiary/aromatic N) is 5. The van der Waals surface area contributed by atoms with Gasteiger partial charge >= 0.3 is 0 Å². The number of thiophene rings is 1. The number of fused-ring (bicyclic) bond motifs is 1. The third-order valence-corrected chi connectivity index (χ3v) is 5.74. The minimum atomic E-state index is 0.383. The first-order valence-corrected chi connectivity index (χ1v) is 8.91. The van der Waals surface area contributed by atoms with Crippen LogP contribution in [0.3, 0.4) is 0 Å². The van der Waals surface area contributed by atoms with Crippen molar-refractivity contribution in [1.29, 1.82) is 0 Å². The van der Waals surface area contributed by atoms with E-state index in [1.165, 1.54) is 10.4 Å². The molecule has 118 valence electrons. The standard InChI is InChI=1S/C16H17N5S2/c1-12-14-8-10-23-15(14)7-9-19(12)11-20-16(22)21(18-17-20)13-5-3-2-4-6-13/h2-6,8,10,12H,7,9,11H2,1H3/t12-/m1/s1. The lowest BCUT2D eigenvalue weighted by atomic mass is 10.0. The first kappa shape index (κ1) is 14.7. The second-order valence-electron chi connectivity index (χ2n) is 5.69. The van der Waals surface area contributed by atoms with E-state index in [9.17, 15) is 0 Å². The zero-order chi connectivity index (χ0) is 15.8. The Bertz CT molecular complexity index is 864. The third-order valence-electron chi connectivity index (χ3n) is 4.36. The van der Waals surface area contributed by atoms with Crippen molar-refractivity contribution in [1.82, 2.24) is 24.7 Å². The van der Waals surface area contributed by atoms with Crippen molar-refractivity contribution >= 4 is 23.6 Å². The molecule has 0 saturated carbocycles. The van der Waals surface area contributed by atoms with E-state index in [0.29, 0.717) is 17.5 Å². The van der Waals surface area contributed by atoms with Crippen molar-refractivity contribution in [2.24, 2.45) is 0 Å². The summed E-state index contributed by atoms with van der Waals surface area (Å²) in [6.07, 6.45) is 1.09. The normalized spacial score (nSPS) is 18.0. The Balaban J connectivity index is 1.59. The molecule has 0 unspecified atom stereocenters. The summed E-state index contributed by atoms with van der Waals surface area (Å²) < 4.78 is 4.13.